The van der Waals surface area contributed by atoms with Gasteiger partial charge in [-0.1, -0.05) is 23.7 Å². The SMILES string of the molecule is Bc1ccc(NC(=O)c2ccc(CP(=O)(OCC)OCC)cc2)c(N)c1. The highest BCUT2D eigenvalue weighted by Gasteiger charge is 2.24. The van der Waals surface area contributed by atoms with Gasteiger partial charge in [-0.05, 0) is 43.7 Å². The van der Waals surface area contributed by atoms with E-state index in [1.165, 1.54) is 0 Å². The molecule has 0 aromatic heterocycles. The number of carbonyl (C=O) groups is 1. The van der Waals surface area contributed by atoms with E-state index in [9.17, 15) is 9.36 Å². The fourth-order valence-electron chi connectivity index (χ4n) is 2.50. The zero-order chi connectivity index (χ0) is 19.2. The van der Waals surface area contributed by atoms with Crippen molar-refractivity contribution in [1.82, 2.24) is 0 Å². The zero-order valence-electron chi connectivity index (χ0n) is 15.3. The fraction of sp³-hybridized carbons (Fsp3) is 0.278. The fourth-order valence-corrected chi connectivity index (χ4v) is 4.20. The molecule has 0 fully saturated rings. The molecule has 2 aromatic carbocycles. The maximum absolute atomic E-state index is 12.6. The second-order valence-corrected chi connectivity index (χ2v) is 7.90. The normalized spacial score (nSPS) is 11.3. The third-order valence-corrected chi connectivity index (χ3v) is 5.75. The Bertz CT molecular complexity index is 801. The molecule has 0 spiro atoms. The van der Waals surface area contributed by atoms with Crippen LogP contribution in [0.25, 0.3) is 0 Å². The molecule has 0 heterocycles. The average Bonchev–Trinajstić information content (AvgIpc) is 2.58. The lowest BCUT2D eigenvalue weighted by molar-refractivity contribution is 0.102. The maximum Gasteiger partial charge on any atom is 0.335 e. The largest absolute Gasteiger partial charge is 0.397 e. The Balaban J connectivity index is 2.08. The van der Waals surface area contributed by atoms with Crippen molar-refractivity contribution in [3.8, 4) is 0 Å². The second-order valence-electron chi connectivity index (χ2n) is 5.85. The first kappa shape index (κ1) is 20.2. The van der Waals surface area contributed by atoms with Crippen LogP contribution in [-0.2, 0) is 19.8 Å². The Hall–Kier alpha value is -2.08. The summed E-state index contributed by atoms with van der Waals surface area (Å²) in [5.41, 5.74) is 9.30. The Labute approximate surface area is 155 Å². The molecule has 0 saturated heterocycles. The van der Waals surface area contributed by atoms with E-state index in [0.717, 1.165) is 11.0 Å². The molecule has 0 unspecified atom stereocenters. The summed E-state index contributed by atoms with van der Waals surface area (Å²) in [6, 6.07) is 12.3. The molecule has 0 aliphatic rings. The van der Waals surface area contributed by atoms with Gasteiger partial charge in [-0.3, -0.25) is 9.36 Å². The number of nitrogen functional groups attached to an aromatic ring is 1. The van der Waals surface area contributed by atoms with E-state index in [4.69, 9.17) is 14.8 Å². The van der Waals surface area contributed by atoms with Crippen molar-refractivity contribution in [2.45, 2.75) is 20.0 Å². The molecule has 2 aromatic rings. The molecule has 0 radical (unpaired) electrons. The first-order chi connectivity index (χ1) is 12.4. The number of carbonyl (C=O) groups excluding carboxylic acids is 1. The zero-order valence-corrected chi connectivity index (χ0v) is 16.2. The van der Waals surface area contributed by atoms with Crippen LogP contribution in [0.1, 0.15) is 29.8 Å². The lowest BCUT2D eigenvalue weighted by Gasteiger charge is -2.17. The first-order valence-corrected chi connectivity index (χ1v) is 10.2. The van der Waals surface area contributed by atoms with Gasteiger partial charge in [0.2, 0.25) is 0 Å². The van der Waals surface area contributed by atoms with Gasteiger partial charge in [-0.25, -0.2) is 0 Å². The third kappa shape index (κ3) is 5.46. The van der Waals surface area contributed by atoms with E-state index in [-0.39, 0.29) is 12.1 Å². The van der Waals surface area contributed by atoms with E-state index in [2.05, 4.69) is 5.32 Å². The minimum absolute atomic E-state index is 0.168. The van der Waals surface area contributed by atoms with Crippen molar-refractivity contribution < 1.29 is 18.4 Å². The quantitative estimate of drug-likeness (QED) is 0.421. The van der Waals surface area contributed by atoms with Crippen LogP contribution in [0.2, 0.25) is 0 Å². The van der Waals surface area contributed by atoms with Gasteiger partial charge in [-0.15, -0.1) is 0 Å². The second kappa shape index (κ2) is 9.03. The van der Waals surface area contributed by atoms with Gasteiger partial charge >= 0.3 is 7.60 Å². The predicted octanol–water partition coefficient (Wildman–Crippen LogP) is 2.55. The Morgan fingerprint density at radius 2 is 1.73 bits per heavy atom. The van der Waals surface area contributed by atoms with Gasteiger partial charge in [-0.2, -0.15) is 0 Å². The molecule has 0 saturated carbocycles. The summed E-state index contributed by atoms with van der Waals surface area (Å²) in [6.45, 7) is 4.18. The molecule has 0 atom stereocenters. The van der Waals surface area contributed by atoms with Crippen LogP contribution in [0.15, 0.2) is 42.5 Å². The van der Waals surface area contributed by atoms with Gasteiger partial charge in [0, 0.05) is 5.56 Å². The van der Waals surface area contributed by atoms with E-state index >= 15 is 0 Å². The van der Waals surface area contributed by atoms with Crippen LogP contribution < -0.4 is 16.5 Å². The first-order valence-electron chi connectivity index (χ1n) is 8.51. The number of amides is 1. The number of rotatable bonds is 8. The minimum Gasteiger partial charge on any atom is -0.397 e. The number of benzene rings is 2. The van der Waals surface area contributed by atoms with E-state index < -0.39 is 7.60 Å². The number of nitrogens with two attached hydrogens (primary N) is 1. The number of nitrogens with one attached hydrogen (secondary N) is 1. The Morgan fingerprint density at radius 3 is 2.27 bits per heavy atom. The molecule has 1 amide bonds. The monoisotopic (exact) mass is 374 g/mol. The lowest BCUT2D eigenvalue weighted by atomic mass is 9.95. The smallest absolute Gasteiger partial charge is 0.335 e. The van der Waals surface area contributed by atoms with Gasteiger partial charge in [0.25, 0.3) is 5.91 Å². The van der Waals surface area contributed by atoms with E-state index in [1.807, 2.05) is 13.9 Å². The summed E-state index contributed by atoms with van der Waals surface area (Å²) in [4.78, 5) is 12.4. The van der Waals surface area contributed by atoms with Gasteiger partial charge in [0.15, 0.2) is 0 Å². The summed E-state index contributed by atoms with van der Waals surface area (Å²) < 4.78 is 23.2. The van der Waals surface area contributed by atoms with Crippen molar-refractivity contribution in [2.75, 3.05) is 24.3 Å². The summed E-state index contributed by atoms with van der Waals surface area (Å²) >= 11 is 0. The Morgan fingerprint density at radius 1 is 1.12 bits per heavy atom. The number of hydrogen-bond donors (Lipinski definition) is 2. The van der Waals surface area contributed by atoms with E-state index in [0.29, 0.717) is 30.2 Å². The molecular formula is C18H24BN2O4P. The van der Waals surface area contributed by atoms with Crippen LogP contribution in [-0.4, -0.2) is 27.0 Å². The van der Waals surface area contributed by atoms with Crippen LogP contribution in [0, 0.1) is 0 Å². The molecule has 0 aliphatic heterocycles. The minimum atomic E-state index is -3.16. The third-order valence-electron chi connectivity index (χ3n) is 3.70. The standard InChI is InChI=1S/C18H24BN2O4P/c1-3-24-26(23,25-4-2)12-13-5-7-14(8-6-13)18(22)21-17-10-9-15(19)11-16(17)20/h5-11H,3-4,12,19-20H2,1-2H3,(H,21,22). The molecule has 138 valence electrons. The summed E-state index contributed by atoms with van der Waals surface area (Å²) in [7, 11) is -1.23. The van der Waals surface area contributed by atoms with Crippen molar-refractivity contribution in [1.29, 1.82) is 0 Å². The van der Waals surface area contributed by atoms with Gasteiger partial charge in [0.1, 0.15) is 7.85 Å². The van der Waals surface area contributed by atoms with E-state index in [1.54, 1.807) is 50.2 Å². The van der Waals surface area contributed by atoms with Crippen molar-refractivity contribution in [2.24, 2.45) is 0 Å². The van der Waals surface area contributed by atoms with Crippen molar-refractivity contribution >= 4 is 38.2 Å². The molecule has 8 heteroatoms. The molecule has 26 heavy (non-hydrogen) atoms. The Kier molecular flexibility index (Phi) is 7.03. The highest BCUT2D eigenvalue weighted by Crippen LogP contribution is 2.51. The van der Waals surface area contributed by atoms with Crippen LogP contribution >= 0.6 is 7.60 Å². The van der Waals surface area contributed by atoms with Gasteiger partial charge in [0.05, 0.1) is 30.8 Å². The molecule has 0 aliphatic carbocycles. The topological polar surface area (TPSA) is 90.7 Å². The van der Waals surface area contributed by atoms with Crippen LogP contribution in [0.3, 0.4) is 0 Å². The van der Waals surface area contributed by atoms with Crippen molar-refractivity contribution in [3.63, 3.8) is 0 Å². The average molecular weight is 374 g/mol. The molecule has 0 bridgehead atoms. The summed E-state index contributed by atoms with van der Waals surface area (Å²) in [5.74, 6) is -0.259. The van der Waals surface area contributed by atoms with Crippen LogP contribution in [0.4, 0.5) is 11.4 Å². The summed E-state index contributed by atoms with van der Waals surface area (Å²) in [5, 5.41) is 2.79. The molecule has 3 N–H and O–H groups in total. The maximum atomic E-state index is 12.6. The number of hydrogen-bond acceptors (Lipinski definition) is 5. The summed E-state index contributed by atoms with van der Waals surface area (Å²) in [6.07, 6.45) is 0.168. The van der Waals surface area contributed by atoms with Gasteiger partial charge < -0.3 is 20.1 Å². The van der Waals surface area contributed by atoms with Crippen LogP contribution in [0.5, 0.6) is 0 Å². The molecule has 6 nitrogen and oxygen atoms in total. The van der Waals surface area contributed by atoms with Crippen molar-refractivity contribution in [3.05, 3.63) is 53.6 Å². The number of anilines is 2. The molecular weight excluding hydrogens is 350 g/mol. The lowest BCUT2D eigenvalue weighted by Crippen LogP contribution is -2.14. The molecule has 2 rings (SSSR count). The predicted molar refractivity (Wildman–Crippen MR) is 108 cm³/mol. The highest BCUT2D eigenvalue weighted by atomic mass is 31.2. The highest BCUT2D eigenvalue weighted by molar-refractivity contribution is 7.53.